The zero-order chi connectivity index (χ0) is 12.3. The Balaban J connectivity index is 2.28. The number of pyridine rings is 1. The molecule has 2 rings (SSSR count). The quantitative estimate of drug-likeness (QED) is 0.790. The Hall–Kier alpha value is -1.77. The number of nitrogens with zero attached hydrogens (tertiary/aromatic N) is 1. The van der Waals surface area contributed by atoms with E-state index in [1.165, 1.54) is 0 Å². The number of hydrogen-bond acceptors (Lipinski definition) is 3. The molecule has 1 aromatic carbocycles. The summed E-state index contributed by atoms with van der Waals surface area (Å²) in [5.41, 5.74) is 7.50. The van der Waals surface area contributed by atoms with Crippen LogP contribution in [0.15, 0.2) is 30.3 Å². The van der Waals surface area contributed by atoms with Crippen LogP contribution in [0, 0.1) is 0 Å². The lowest BCUT2D eigenvalue weighted by Gasteiger charge is -2.15. The molecule has 0 amide bonds. The summed E-state index contributed by atoms with van der Waals surface area (Å²) in [4.78, 5) is 4.59. The molecule has 0 aliphatic rings. The minimum absolute atomic E-state index is 0.494. The van der Waals surface area contributed by atoms with E-state index in [4.69, 9.17) is 5.73 Å². The van der Waals surface area contributed by atoms with Gasteiger partial charge in [-0.1, -0.05) is 13.8 Å². The van der Waals surface area contributed by atoms with Gasteiger partial charge in [0.15, 0.2) is 0 Å². The molecule has 0 unspecified atom stereocenters. The second kappa shape index (κ2) is 5.04. The highest BCUT2D eigenvalue weighted by molar-refractivity contribution is 5.83. The van der Waals surface area contributed by atoms with Crippen molar-refractivity contribution in [2.24, 2.45) is 0 Å². The van der Waals surface area contributed by atoms with Gasteiger partial charge in [-0.3, -0.25) is 0 Å². The van der Waals surface area contributed by atoms with Crippen molar-refractivity contribution < 1.29 is 0 Å². The first kappa shape index (κ1) is 11.7. The normalized spacial score (nSPS) is 11.0. The van der Waals surface area contributed by atoms with Gasteiger partial charge in [0.2, 0.25) is 0 Å². The minimum atomic E-state index is 0.494. The summed E-state index contributed by atoms with van der Waals surface area (Å²) < 4.78 is 0. The summed E-state index contributed by atoms with van der Waals surface area (Å²) in [5.74, 6) is 0.941. The zero-order valence-corrected chi connectivity index (χ0v) is 10.4. The number of hydrogen-bond donors (Lipinski definition) is 2. The number of fused-ring (bicyclic) bond motifs is 1. The van der Waals surface area contributed by atoms with Crippen molar-refractivity contribution in [2.45, 2.75) is 32.7 Å². The molecule has 2 aromatic rings. The van der Waals surface area contributed by atoms with Gasteiger partial charge in [-0.15, -0.1) is 0 Å². The molecule has 3 heteroatoms. The summed E-state index contributed by atoms with van der Waals surface area (Å²) >= 11 is 0. The average Bonchev–Trinajstić information content (AvgIpc) is 2.36. The SMILES string of the molecule is CCC(CC)Nc1ccc2cc(N)ccc2n1. The average molecular weight is 229 g/mol. The van der Waals surface area contributed by atoms with E-state index in [1.54, 1.807) is 0 Å². The monoisotopic (exact) mass is 229 g/mol. The predicted molar refractivity (Wildman–Crippen MR) is 74.1 cm³/mol. The van der Waals surface area contributed by atoms with Crippen LogP contribution in [0.3, 0.4) is 0 Å². The Morgan fingerprint density at radius 3 is 2.65 bits per heavy atom. The van der Waals surface area contributed by atoms with E-state index in [0.29, 0.717) is 6.04 Å². The van der Waals surface area contributed by atoms with Crippen LogP contribution in [0.5, 0.6) is 0 Å². The lowest BCUT2D eigenvalue weighted by Crippen LogP contribution is -2.17. The summed E-state index contributed by atoms with van der Waals surface area (Å²) in [7, 11) is 0. The molecule has 0 bridgehead atoms. The molecule has 90 valence electrons. The van der Waals surface area contributed by atoms with Gasteiger partial charge in [0.1, 0.15) is 5.82 Å². The van der Waals surface area contributed by atoms with Crippen LogP contribution >= 0.6 is 0 Å². The molecule has 1 heterocycles. The van der Waals surface area contributed by atoms with Gasteiger partial charge in [-0.25, -0.2) is 4.98 Å². The second-order valence-electron chi connectivity index (χ2n) is 4.31. The van der Waals surface area contributed by atoms with Crippen LogP contribution in [0.25, 0.3) is 10.9 Å². The first-order chi connectivity index (χ1) is 8.22. The molecular weight excluding hydrogens is 210 g/mol. The number of rotatable bonds is 4. The standard InChI is InChI=1S/C14H19N3/c1-3-12(4-2)16-14-8-5-10-9-11(15)6-7-13(10)17-14/h5-9,12H,3-4,15H2,1-2H3,(H,16,17). The second-order valence-corrected chi connectivity index (χ2v) is 4.31. The third-order valence-corrected chi connectivity index (χ3v) is 3.05. The van der Waals surface area contributed by atoms with Crippen molar-refractivity contribution in [3.05, 3.63) is 30.3 Å². The Bertz CT molecular complexity index is 504. The van der Waals surface area contributed by atoms with Gasteiger partial charge in [0.25, 0.3) is 0 Å². The Morgan fingerprint density at radius 2 is 1.94 bits per heavy atom. The van der Waals surface area contributed by atoms with E-state index in [9.17, 15) is 0 Å². The maximum absolute atomic E-state index is 5.74. The fourth-order valence-electron chi connectivity index (χ4n) is 1.93. The van der Waals surface area contributed by atoms with E-state index in [1.807, 2.05) is 24.3 Å². The Morgan fingerprint density at radius 1 is 1.18 bits per heavy atom. The van der Waals surface area contributed by atoms with Crippen LogP contribution in [0.1, 0.15) is 26.7 Å². The van der Waals surface area contributed by atoms with Gasteiger partial charge >= 0.3 is 0 Å². The topological polar surface area (TPSA) is 50.9 Å². The number of nitrogens with two attached hydrogens (primary N) is 1. The lowest BCUT2D eigenvalue weighted by molar-refractivity contribution is 0.669. The van der Waals surface area contributed by atoms with E-state index in [0.717, 1.165) is 35.2 Å². The number of aromatic nitrogens is 1. The molecule has 3 N–H and O–H groups in total. The third kappa shape index (κ3) is 2.67. The van der Waals surface area contributed by atoms with Crippen LogP contribution in [-0.4, -0.2) is 11.0 Å². The lowest BCUT2D eigenvalue weighted by atomic mass is 10.1. The first-order valence-electron chi connectivity index (χ1n) is 6.15. The molecule has 1 aromatic heterocycles. The van der Waals surface area contributed by atoms with Crippen molar-refractivity contribution in [1.82, 2.24) is 4.98 Å². The molecule has 0 atom stereocenters. The molecule has 17 heavy (non-hydrogen) atoms. The molecule has 0 saturated carbocycles. The zero-order valence-electron chi connectivity index (χ0n) is 10.4. The van der Waals surface area contributed by atoms with E-state index < -0.39 is 0 Å². The highest BCUT2D eigenvalue weighted by Crippen LogP contribution is 2.19. The molecule has 0 saturated heterocycles. The number of nitrogen functional groups attached to an aromatic ring is 1. The fraction of sp³-hybridized carbons (Fsp3) is 0.357. The smallest absolute Gasteiger partial charge is 0.126 e. The Kier molecular flexibility index (Phi) is 3.47. The first-order valence-corrected chi connectivity index (χ1v) is 6.15. The minimum Gasteiger partial charge on any atom is -0.399 e. The predicted octanol–water partition coefficient (Wildman–Crippen LogP) is 3.42. The van der Waals surface area contributed by atoms with Crippen molar-refractivity contribution in [3.8, 4) is 0 Å². The largest absolute Gasteiger partial charge is 0.399 e. The van der Waals surface area contributed by atoms with E-state index >= 15 is 0 Å². The van der Waals surface area contributed by atoms with Crippen LogP contribution in [0.2, 0.25) is 0 Å². The van der Waals surface area contributed by atoms with Crippen LogP contribution in [-0.2, 0) is 0 Å². The summed E-state index contributed by atoms with van der Waals surface area (Å²) in [5, 5.41) is 4.53. The van der Waals surface area contributed by atoms with Gasteiger partial charge < -0.3 is 11.1 Å². The van der Waals surface area contributed by atoms with Crippen molar-refractivity contribution in [1.29, 1.82) is 0 Å². The van der Waals surface area contributed by atoms with Gasteiger partial charge in [-0.05, 0) is 43.2 Å². The van der Waals surface area contributed by atoms with Crippen LogP contribution < -0.4 is 11.1 Å². The summed E-state index contributed by atoms with van der Waals surface area (Å²) in [6, 6.07) is 10.4. The molecular formula is C14H19N3. The van der Waals surface area contributed by atoms with Gasteiger partial charge in [-0.2, -0.15) is 0 Å². The molecule has 3 nitrogen and oxygen atoms in total. The maximum Gasteiger partial charge on any atom is 0.126 e. The van der Waals surface area contributed by atoms with Crippen molar-refractivity contribution >= 4 is 22.4 Å². The molecule has 0 radical (unpaired) electrons. The highest BCUT2D eigenvalue weighted by Gasteiger charge is 2.04. The van der Waals surface area contributed by atoms with Gasteiger partial charge in [0.05, 0.1) is 5.52 Å². The summed E-state index contributed by atoms with van der Waals surface area (Å²) in [6.07, 6.45) is 2.22. The van der Waals surface area contributed by atoms with Gasteiger partial charge in [0, 0.05) is 17.1 Å². The van der Waals surface area contributed by atoms with E-state index in [-0.39, 0.29) is 0 Å². The molecule has 0 fully saturated rings. The summed E-state index contributed by atoms with van der Waals surface area (Å²) in [6.45, 7) is 4.37. The maximum atomic E-state index is 5.74. The molecule has 0 aliphatic heterocycles. The molecule has 0 spiro atoms. The van der Waals surface area contributed by atoms with E-state index in [2.05, 4.69) is 30.2 Å². The third-order valence-electron chi connectivity index (χ3n) is 3.05. The number of nitrogens with one attached hydrogen (secondary N) is 1. The highest BCUT2D eigenvalue weighted by atomic mass is 15.0. The van der Waals surface area contributed by atoms with Crippen molar-refractivity contribution in [3.63, 3.8) is 0 Å². The number of anilines is 2. The number of benzene rings is 1. The fourth-order valence-corrected chi connectivity index (χ4v) is 1.93. The molecule has 0 aliphatic carbocycles. The van der Waals surface area contributed by atoms with Crippen molar-refractivity contribution in [2.75, 3.05) is 11.1 Å². The van der Waals surface area contributed by atoms with Crippen LogP contribution in [0.4, 0.5) is 11.5 Å². The Labute approximate surface area is 102 Å².